The highest BCUT2D eigenvalue weighted by atomic mass is 28.2. The zero-order chi connectivity index (χ0) is 18.7. The zero-order valence-electron chi connectivity index (χ0n) is 15.7. The Kier molecular flexibility index (Phi) is 11.1. The summed E-state index contributed by atoms with van der Waals surface area (Å²) in [5, 5.41) is 0. The number of rotatable bonds is 13. The Morgan fingerprint density at radius 1 is 0.920 bits per heavy atom. The molecule has 6 heteroatoms. The smallest absolute Gasteiger partial charge is 0.262 e. The van der Waals surface area contributed by atoms with Gasteiger partial charge in [-0.05, 0) is 58.2 Å². The quantitative estimate of drug-likeness (QED) is 0.269. The van der Waals surface area contributed by atoms with E-state index in [1.54, 1.807) is 0 Å². The van der Waals surface area contributed by atoms with E-state index in [9.17, 15) is 8.78 Å². The Morgan fingerprint density at radius 2 is 1.56 bits per heavy atom. The van der Waals surface area contributed by atoms with E-state index < -0.39 is 18.1 Å². The molecule has 142 valence electrons. The fourth-order valence-electron chi connectivity index (χ4n) is 2.25. The molecule has 0 aliphatic carbocycles. The highest BCUT2D eigenvalue weighted by Gasteiger charge is 2.14. The molecular formula is C19H30F2O3Si. The molecule has 0 spiro atoms. The molecule has 0 N–H and O–H groups in total. The van der Waals surface area contributed by atoms with Gasteiger partial charge >= 0.3 is 0 Å². The first-order valence-electron chi connectivity index (χ1n) is 9.02. The molecule has 0 amide bonds. The first-order chi connectivity index (χ1) is 11.9. The van der Waals surface area contributed by atoms with Crippen LogP contribution in [0.2, 0.25) is 6.04 Å². The Labute approximate surface area is 153 Å². The van der Waals surface area contributed by atoms with Gasteiger partial charge in [0.05, 0.1) is 12.2 Å². The minimum absolute atomic E-state index is 0.0559. The monoisotopic (exact) mass is 372 g/mol. The summed E-state index contributed by atoms with van der Waals surface area (Å²) < 4.78 is 43.2. The zero-order valence-corrected chi connectivity index (χ0v) is 16.7. The summed E-state index contributed by atoms with van der Waals surface area (Å²) in [6, 6.07) is 4.75. The van der Waals surface area contributed by atoms with Crippen molar-refractivity contribution >= 4 is 9.76 Å². The molecule has 0 aliphatic heterocycles. The number of unbranched alkanes of at least 4 members (excludes halogenated alkanes) is 3. The second-order valence-corrected chi connectivity index (χ2v) is 7.59. The summed E-state index contributed by atoms with van der Waals surface area (Å²) in [6.07, 6.45) is 4.82. The van der Waals surface area contributed by atoms with Crippen LogP contribution in [0.5, 0.6) is 0 Å². The van der Waals surface area contributed by atoms with Gasteiger partial charge in [0.1, 0.15) is 11.6 Å². The summed E-state index contributed by atoms with van der Waals surface area (Å²) in [4.78, 5) is 0. The highest BCUT2D eigenvalue weighted by Crippen LogP contribution is 2.14. The van der Waals surface area contributed by atoms with Gasteiger partial charge in [0, 0.05) is 6.07 Å². The van der Waals surface area contributed by atoms with Crippen LogP contribution in [0.3, 0.4) is 0 Å². The van der Waals surface area contributed by atoms with Gasteiger partial charge in [-0.1, -0.05) is 25.3 Å². The topological polar surface area (TPSA) is 27.7 Å². The maximum Gasteiger partial charge on any atom is 0.262 e. The minimum atomic E-state index is -0.597. The molecule has 25 heavy (non-hydrogen) atoms. The van der Waals surface area contributed by atoms with Gasteiger partial charge in [0.2, 0.25) is 9.76 Å². The van der Waals surface area contributed by atoms with Gasteiger partial charge in [-0.25, -0.2) is 8.78 Å². The van der Waals surface area contributed by atoms with Crippen LogP contribution >= 0.6 is 0 Å². The molecule has 1 aromatic carbocycles. The van der Waals surface area contributed by atoms with Crippen molar-refractivity contribution in [1.82, 2.24) is 0 Å². The maximum absolute atomic E-state index is 13.5. The normalized spacial score (nSPS) is 11.9. The second kappa shape index (κ2) is 12.5. The van der Waals surface area contributed by atoms with Gasteiger partial charge in [-0.3, -0.25) is 0 Å². The number of benzene rings is 1. The molecule has 0 heterocycles. The van der Waals surface area contributed by atoms with Crippen LogP contribution in [0.25, 0.3) is 0 Å². The average Bonchev–Trinajstić information content (AvgIpc) is 2.50. The molecule has 0 fully saturated rings. The largest absolute Gasteiger partial charge is 0.372 e. The predicted molar refractivity (Wildman–Crippen MR) is 96.4 cm³/mol. The summed E-state index contributed by atoms with van der Waals surface area (Å²) in [5.74, 6) is -0.973. The molecule has 2 radical (unpaired) electrons. The van der Waals surface area contributed by atoms with E-state index in [1.165, 1.54) is 12.1 Å². The van der Waals surface area contributed by atoms with Gasteiger partial charge in [0.15, 0.2) is 0 Å². The maximum atomic E-state index is 13.5. The van der Waals surface area contributed by atoms with E-state index in [1.807, 2.05) is 27.7 Å². The Bertz CT molecular complexity index is 474. The average molecular weight is 373 g/mol. The lowest BCUT2D eigenvalue weighted by Gasteiger charge is -2.22. The summed E-state index contributed by atoms with van der Waals surface area (Å²) in [6.45, 7) is 7.21. The third kappa shape index (κ3) is 10.7. The lowest BCUT2D eigenvalue weighted by molar-refractivity contribution is -0.275. The van der Waals surface area contributed by atoms with Crippen LogP contribution in [-0.2, 0) is 20.3 Å². The lowest BCUT2D eigenvalue weighted by Crippen LogP contribution is -2.28. The molecule has 0 saturated carbocycles. The molecule has 0 bridgehead atoms. The van der Waals surface area contributed by atoms with Crippen molar-refractivity contribution in [3.05, 3.63) is 35.4 Å². The molecule has 0 aliphatic rings. The molecule has 0 atom stereocenters. The first kappa shape index (κ1) is 22.2. The Morgan fingerprint density at radius 3 is 2.16 bits per heavy atom. The van der Waals surface area contributed by atoms with E-state index in [2.05, 4.69) is 0 Å². The van der Waals surface area contributed by atoms with Crippen LogP contribution in [0, 0.1) is 11.6 Å². The van der Waals surface area contributed by atoms with Crippen molar-refractivity contribution in [3.63, 3.8) is 0 Å². The van der Waals surface area contributed by atoms with Crippen LogP contribution in [0.4, 0.5) is 8.78 Å². The second-order valence-electron chi connectivity index (χ2n) is 6.57. The number of hydrogen-bond acceptors (Lipinski definition) is 3. The molecule has 1 rings (SSSR count). The molecule has 1 aromatic rings. The SMILES string of the molecule is CC(C)OC(O[Si]CCCCCCc1ccc(F)cc1F)OC(C)C. The van der Waals surface area contributed by atoms with Crippen molar-refractivity contribution in [3.8, 4) is 0 Å². The number of halogens is 2. The molecular weight excluding hydrogens is 342 g/mol. The molecule has 0 aromatic heterocycles. The molecule has 0 saturated heterocycles. The lowest BCUT2D eigenvalue weighted by atomic mass is 10.1. The van der Waals surface area contributed by atoms with Crippen LogP contribution in [0.1, 0.15) is 58.9 Å². The third-order valence-electron chi connectivity index (χ3n) is 3.44. The van der Waals surface area contributed by atoms with Gasteiger partial charge in [-0.2, -0.15) is 0 Å². The highest BCUT2D eigenvalue weighted by molar-refractivity contribution is 6.27. The number of hydrogen-bond donors (Lipinski definition) is 0. The minimum Gasteiger partial charge on any atom is -0.372 e. The summed E-state index contributed by atoms with van der Waals surface area (Å²) >= 11 is 0. The predicted octanol–water partition coefficient (Wildman–Crippen LogP) is 5.26. The first-order valence-corrected chi connectivity index (χ1v) is 10.1. The van der Waals surface area contributed by atoms with Crippen LogP contribution < -0.4 is 0 Å². The van der Waals surface area contributed by atoms with Gasteiger partial charge in [-0.15, -0.1) is 0 Å². The fraction of sp³-hybridized carbons (Fsp3) is 0.684. The van der Waals surface area contributed by atoms with Crippen molar-refractivity contribution in [2.45, 2.75) is 84.5 Å². The molecule has 0 unspecified atom stereocenters. The van der Waals surface area contributed by atoms with E-state index in [0.29, 0.717) is 21.7 Å². The van der Waals surface area contributed by atoms with Crippen molar-refractivity contribution in [2.75, 3.05) is 0 Å². The molecule has 3 nitrogen and oxygen atoms in total. The van der Waals surface area contributed by atoms with E-state index in [-0.39, 0.29) is 12.2 Å². The Hall–Kier alpha value is -0.823. The van der Waals surface area contributed by atoms with Crippen molar-refractivity contribution in [1.29, 1.82) is 0 Å². The fourth-order valence-corrected chi connectivity index (χ4v) is 3.01. The van der Waals surface area contributed by atoms with Crippen LogP contribution in [0.15, 0.2) is 18.2 Å². The van der Waals surface area contributed by atoms with Crippen molar-refractivity contribution in [2.24, 2.45) is 0 Å². The van der Waals surface area contributed by atoms with E-state index in [4.69, 9.17) is 13.9 Å². The van der Waals surface area contributed by atoms with E-state index in [0.717, 1.165) is 37.8 Å². The van der Waals surface area contributed by atoms with Crippen LogP contribution in [-0.4, -0.2) is 28.4 Å². The number of ether oxygens (including phenoxy) is 2. The summed E-state index contributed by atoms with van der Waals surface area (Å²) in [5.41, 5.74) is 0.589. The Balaban J connectivity index is 2.09. The summed E-state index contributed by atoms with van der Waals surface area (Å²) in [7, 11) is 0.341. The van der Waals surface area contributed by atoms with Crippen molar-refractivity contribution < 1.29 is 22.7 Å². The standard InChI is InChI=1S/C19H30F2O3Si/c1-14(2)22-19(23-15(3)4)24-25-12-8-6-5-7-9-16-10-11-17(20)13-18(16)21/h10-11,13-15,19H,5-9,12H2,1-4H3. The third-order valence-corrected chi connectivity index (χ3v) is 4.35. The van der Waals surface area contributed by atoms with E-state index >= 15 is 0 Å². The number of aryl methyl sites for hydroxylation is 1. The van der Waals surface area contributed by atoms with Gasteiger partial charge < -0.3 is 13.9 Å². The van der Waals surface area contributed by atoms with Gasteiger partial charge in [0.25, 0.3) is 6.48 Å².